The van der Waals surface area contributed by atoms with E-state index in [0.29, 0.717) is 0 Å². The summed E-state index contributed by atoms with van der Waals surface area (Å²) in [6, 6.07) is -0.998. The van der Waals surface area contributed by atoms with Crippen LogP contribution in [0.25, 0.3) is 0 Å². The molecule has 0 aliphatic carbocycles. The number of urea groups is 1. The topological polar surface area (TPSA) is 34.1 Å². The first-order valence-corrected chi connectivity index (χ1v) is 4.58. The minimum Gasteiger partial charge on any atom is -0.219 e. The molecule has 0 aromatic heterocycles. The molecule has 0 aromatic rings. The monoisotopic (exact) mass is 266 g/mol. The van der Waals surface area contributed by atoms with Gasteiger partial charge in [0.1, 0.15) is 0 Å². The van der Waals surface area contributed by atoms with Gasteiger partial charge in [-0.2, -0.15) is 4.79 Å². The van der Waals surface area contributed by atoms with Gasteiger partial charge in [0, 0.05) is 17.4 Å². The second-order valence-electron chi connectivity index (χ2n) is 3.17. The van der Waals surface area contributed by atoms with Gasteiger partial charge in [0.15, 0.2) is 0 Å². The van der Waals surface area contributed by atoms with Gasteiger partial charge in [-0.1, -0.05) is 0 Å². The lowest BCUT2D eigenvalue weighted by Crippen LogP contribution is -2.47. The first-order chi connectivity index (χ1) is 5.56. The lowest BCUT2D eigenvalue weighted by atomic mass is 10.1. The molecule has 1 aliphatic rings. The van der Waals surface area contributed by atoms with Gasteiger partial charge in [0.25, 0.3) is 5.54 Å². The zero-order chi connectivity index (χ0) is 10.7. The third-order valence-electron chi connectivity index (χ3n) is 1.96. The minimum absolute atomic E-state index is 0.758. The molecule has 0 unspecified atom stereocenters. The molecule has 1 rings (SSSR count). The van der Waals surface area contributed by atoms with Crippen LogP contribution in [0.3, 0.4) is 0 Å². The number of halogens is 4. The van der Waals surface area contributed by atoms with Crippen LogP contribution in [0.1, 0.15) is 13.8 Å². The van der Waals surface area contributed by atoms with Gasteiger partial charge in [-0.15, -0.1) is 0 Å². The van der Waals surface area contributed by atoms with E-state index in [2.05, 4.69) is 0 Å². The van der Waals surface area contributed by atoms with Crippen molar-refractivity contribution in [3.63, 3.8) is 0 Å². The third-order valence-corrected chi connectivity index (χ3v) is 3.69. The van der Waals surface area contributed by atoms with Gasteiger partial charge < -0.3 is 0 Å². The van der Waals surface area contributed by atoms with Crippen molar-refractivity contribution < 1.29 is 16.6 Å². The number of amides is 3. The fourth-order valence-corrected chi connectivity index (χ4v) is 2.11. The first-order valence-electron chi connectivity index (χ1n) is 3.23. The molecule has 1 aliphatic heterocycles. The maximum Gasteiger partial charge on any atom is 0.597 e. The van der Waals surface area contributed by atoms with Crippen molar-refractivity contribution in [1.82, 2.24) is 0 Å². The van der Waals surface area contributed by atoms with Crippen molar-refractivity contribution in [2.45, 2.75) is 19.4 Å². The van der Waals surface area contributed by atoms with Crippen LogP contribution in [0.4, 0.5) is 4.79 Å². The SMILES string of the molecule is CC1(C)C(=O)[N+](Cl)(Cl)C(=O)[N+]1(Cl)Cl. The van der Waals surface area contributed by atoms with Crippen LogP contribution < -0.4 is 0 Å². The van der Waals surface area contributed by atoms with E-state index in [0.717, 1.165) is 0 Å². The largest absolute Gasteiger partial charge is 0.597 e. The highest BCUT2D eigenvalue weighted by atomic mass is 35.5. The Morgan fingerprint density at radius 3 is 1.54 bits per heavy atom. The molecule has 0 N–H and O–H groups in total. The van der Waals surface area contributed by atoms with E-state index in [9.17, 15) is 9.59 Å². The quantitative estimate of drug-likeness (QED) is 0.500. The number of rotatable bonds is 0. The number of carbonyl (C=O) groups excluding carboxylic acids is 2. The second-order valence-corrected chi connectivity index (χ2v) is 5.55. The minimum atomic E-state index is -1.47. The van der Waals surface area contributed by atoms with Crippen molar-refractivity contribution in [2.75, 3.05) is 0 Å². The lowest BCUT2D eigenvalue weighted by Gasteiger charge is -2.16. The van der Waals surface area contributed by atoms with E-state index in [4.69, 9.17) is 47.1 Å². The second kappa shape index (κ2) is 2.72. The fourth-order valence-electron chi connectivity index (χ4n) is 0.947. The molecular formula is C5H6Cl4N2O2+2. The Hall–Kier alpha value is 0.420. The first kappa shape index (κ1) is 11.5. The molecule has 0 bridgehead atoms. The van der Waals surface area contributed by atoms with Crippen LogP contribution in [0.5, 0.6) is 0 Å². The highest BCUT2D eigenvalue weighted by molar-refractivity contribution is 6.42. The Morgan fingerprint density at radius 2 is 1.46 bits per heavy atom. The van der Waals surface area contributed by atoms with Crippen LogP contribution in [-0.2, 0) is 4.79 Å². The van der Waals surface area contributed by atoms with E-state index in [1.807, 2.05) is 0 Å². The van der Waals surface area contributed by atoms with Gasteiger partial charge in [0.05, 0.1) is 3.52 Å². The highest BCUT2D eigenvalue weighted by Crippen LogP contribution is 2.48. The number of nitrogens with zero attached hydrogens (tertiary/aromatic N) is 2. The predicted molar refractivity (Wildman–Crippen MR) is 48.4 cm³/mol. The Morgan fingerprint density at radius 1 is 1.08 bits per heavy atom. The van der Waals surface area contributed by atoms with Crippen LogP contribution in [0, 0.1) is 0 Å². The zero-order valence-corrected chi connectivity index (χ0v) is 9.75. The van der Waals surface area contributed by atoms with E-state index in [1.54, 1.807) is 0 Å². The molecule has 1 saturated heterocycles. The van der Waals surface area contributed by atoms with Crippen molar-refractivity contribution >= 4 is 59.0 Å². The van der Waals surface area contributed by atoms with Crippen LogP contribution in [0.2, 0.25) is 0 Å². The summed E-state index contributed by atoms with van der Waals surface area (Å²) in [5, 5.41) is 0. The molecule has 8 heteroatoms. The Kier molecular flexibility index (Phi) is 2.40. The number of carbonyl (C=O) groups is 2. The maximum absolute atomic E-state index is 11.5. The number of quaternary nitrogens is 2. The average Bonchev–Trinajstić information content (AvgIpc) is 2.05. The Labute approximate surface area is 95.1 Å². The Bertz CT molecular complexity index is 271. The summed E-state index contributed by atoms with van der Waals surface area (Å²) in [5.74, 6) is -0.758. The van der Waals surface area contributed by atoms with E-state index in [-0.39, 0.29) is 0 Å². The molecule has 1 fully saturated rings. The smallest absolute Gasteiger partial charge is 0.219 e. The van der Waals surface area contributed by atoms with Crippen LogP contribution in [-0.4, -0.2) is 24.5 Å². The normalized spacial score (nSPS) is 29.4. The third kappa shape index (κ3) is 1.21. The Balaban J connectivity index is 3.38. The summed E-state index contributed by atoms with van der Waals surface area (Å²) in [4.78, 5) is 22.8. The summed E-state index contributed by atoms with van der Waals surface area (Å²) < 4.78 is -2.67. The standard InChI is InChI=1S/C5H6Cl4N2O2/c1-5(2)3(12)10(6,7)4(13)11(5,8)9/h1-2H3/q+2. The summed E-state index contributed by atoms with van der Waals surface area (Å²) in [7, 11) is 0. The molecule has 0 radical (unpaired) electrons. The molecule has 0 aromatic carbocycles. The zero-order valence-electron chi connectivity index (χ0n) is 6.72. The van der Waals surface area contributed by atoms with Gasteiger partial charge in [0.2, 0.25) is 47.1 Å². The van der Waals surface area contributed by atoms with Crippen molar-refractivity contribution in [1.29, 1.82) is 0 Å². The lowest BCUT2D eigenvalue weighted by molar-refractivity contribution is -0.680. The molecular weight excluding hydrogens is 262 g/mol. The van der Waals surface area contributed by atoms with Crippen molar-refractivity contribution in [3.8, 4) is 0 Å². The van der Waals surface area contributed by atoms with Crippen LogP contribution in [0.15, 0.2) is 0 Å². The molecule has 0 atom stereocenters. The fraction of sp³-hybridized carbons (Fsp3) is 0.600. The molecule has 13 heavy (non-hydrogen) atoms. The number of hydrogen-bond donors (Lipinski definition) is 0. The number of imide groups is 1. The van der Waals surface area contributed by atoms with Gasteiger partial charge in [-0.05, 0) is 0 Å². The van der Waals surface area contributed by atoms with Gasteiger partial charge in [-0.25, -0.2) is 4.79 Å². The van der Waals surface area contributed by atoms with E-state index in [1.165, 1.54) is 13.8 Å². The molecule has 4 nitrogen and oxygen atoms in total. The van der Waals surface area contributed by atoms with E-state index < -0.39 is 24.5 Å². The van der Waals surface area contributed by atoms with E-state index >= 15 is 0 Å². The van der Waals surface area contributed by atoms with Crippen molar-refractivity contribution in [2.24, 2.45) is 0 Å². The van der Waals surface area contributed by atoms with Crippen molar-refractivity contribution in [3.05, 3.63) is 0 Å². The van der Waals surface area contributed by atoms with Crippen LogP contribution >= 0.6 is 47.1 Å². The molecule has 74 valence electrons. The summed E-state index contributed by atoms with van der Waals surface area (Å²) in [5.41, 5.74) is -1.36. The molecule has 0 spiro atoms. The van der Waals surface area contributed by atoms with Gasteiger partial charge in [-0.3, -0.25) is 0 Å². The average molecular weight is 268 g/mol. The molecule has 3 amide bonds. The molecule has 0 saturated carbocycles. The summed E-state index contributed by atoms with van der Waals surface area (Å²) in [6.45, 7) is 2.77. The molecule has 1 heterocycles. The highest BCUT2D eigenvalue weighted by Gasteiger charge is 2.80. The summed E-state index contributed by atoms with van der Waals surface area (Å²) >= 11 is 22.2. The maximum atomic E-state index is 11.5. The van der Waals surface area contributed by atoms with Gasteiger partial charge >= 0.3 is 11.9 Å². The summed E-state index contributed by atoms with van der Waals surface area (Å²) in [6.07, 6.45) is 0. The predicted octanol–water partition coefficient (Wildman–Crippen LogP) is 2.67. The number of hydrogen-bond acceptors (Lipinski definition) is 2.